The van der Waals surface area contributed by atoms with Crippen molar-refractivity contribution in [1.29, 1.82) is 0 Å². The lowest BCUT2D eigenvalue weighted by molar-refractivity contribution is 0.246. The normalized spacial score (nSPS) is 18.0. The van der Waals surface area contributed by atoms with Crippen molar-refractivity contribution in [3.8, 4) is 0 Å². The van der Waals surface area contributed by atoms with Gasteiger partial charge in [-0.25, -0.2) is 4.79 Å². The van der Waals surface area contributed by atoms with Crippen LogP contribution in [-0.2, 0) is 0 Å². The van der Waals surface area contributed by atoms with Crippen LogP contribution in [0.15, 0.2) is 11.1 Å². The van der Waals surface area contributed by atoms with Crippen molar-refractivity contribution < 1.29 is 4.79 Å². The van der Waals surface area contributed by atoms with Crippen LogP contribution < -0.4 is 11.1 Å². The van der Waals surface area contributed by atoms with Crippen LogP contribution in [-0.4, -0.2) is 12.1 Å². The zero-order chi connectivity index (χ0) is 8.43. The average molecular weight is 154 g/mol. The third-order valence-electron chi connectivity index (χ3n) is 1.90. The molecule has 1 aliphatic rings. The fraction of sp³-hybridized carbons (Fsp3) is 0.625. The topological polar surface area (TPSA) is 55.1 Å². The number of allylic oxidation sites excluding steroid dienone is 1. The van der Waals surface area contributed by atoms with Crippen molar-refractivity contribution in [2.24, 2.45) is 5.73 Å². The highest BCUT2D eigenvalue weighted by Gasteiger charge is 2.18. The second-order valence-electron chi connectivity index (χ2n) is 3.17. The minimum absolute atomic E-state index is 0.181. The Morgan fingerprint density at radius 3 is 2.73 bits per heavy atom. The summed E-state index contributed by atoms with van der Waals surface area (Å²) in [6, 6.07) is -0.253. The molecule has 0 saturated heterocycles. The van der Waals surface area contributed by atoms with Crippen LogP contribution in [0.2, 0.25) is 0 Å². The molecule has 1 atom stereocenters. The first kappa shape index (κ1) is 8.11. The molecular weight excluding hydrogens is 140 g/mol. The van der Waals surface area contributed by atoms with Gasteiger partial charge in [0.25, 0.3) is 0 Å². The summed E-state index contributed by atoms with van der Waals surface area (Å²) in [5.74, 6) is 0. The molecule has 0 radical (unpaired) electrons. The summed E-state index contributed by atoms with van der Waals surface area (Å²) in [6.45, 7) is 4.08. The van der Waals surface area contributed by atoms with Crippen LogP contribution in [0.1, 0.15) is 26.7 Å². The van der Waals surface area contributed by atoms with Crippen molar-refractivity contribution >= 4 is 6.03 Å². The molecule has 0 aromatic rings. The van der Waals surface area contributed by atoms with Gasteiger partial charge in [-0.2, -0.15) is 0 Å². The lowest BCUT2D eigenvalue weighted by atomic mass is 10.2. The summed E-state index contributed by atoms with van der Waals surface area (Å²) in [5.41, 5.74) is 7.88. The molecular formula is C8H14N2O. The number of nitrogens with one attached hydrogen (secondary N) is 1. The summed E-state index contributed by atoms with van der Waals surface area (Å²) < 4.78 is 0. The molecule has 0 heterocycles. The summed E-state index contributed by atoms with van der Waals surface area (Å²) in [4.78, 5) is 10.4. The first-order valence-corrected chi connectivity index (χ1v) is 3.83. The molecule has 1 rings (SSSR count). The van der Waals surface area contributed by atoms with E-state index in [0.29, 0.717) is 0 Å². The van der Waals surface area contributed by atoms with E-state index in [1.807, 2.05) is 6.92 Å². The third kappa shape index (κ3) is 2.62. The largest absolute Gasteiger partial charge is 0.352 e. The Hall–Kier alpha value is -0.990. The molecule has 1 aliphatic carbocycles. The van der Waals surface area contributed by atoms with Gasteiger partial charge in [0.1, 0.15) is 0 Å². The highest BCUT2D eigenvalue weighted by atomic mass is 16.2. The Morgan fingerprint density at radius 2 is 2.36 bits per heavy atom. The minimum Gasteiger partial charge on any atom is -0.352 e. The molecule has 0 saturated carbocycles. The van der Waals surface area contributed by atoms with Crippen LogP contribution in [0, 0.1) is 0 Å². The maximum Gasteiger partial charge on any atom is 0.312 e. The maximum absolute atomic E-state index is 10.4. The van der Waals surface area contributed by atoms with E-state index in [9.17, 15) is 4.79 Å². The van der Waals surface area contributed by atoms with Crippen molar-refractivity contribution in [2.75, 3.05) is 0 Å². The molecule has 0 aliphatic heterocycles. The van der Waals surface area contributed by atoms with Crippen molar-refractivity contribution in [3.05, 3.63) is 11.1 Å². The van der Waals surface area contributed by atoms with E-state index >= 15 is 0 Å². The number of carbonyl (C=O) groups excluding carboxylic acids is 1. The first-order chi connectivity index (χ1) is 5.09. The summed E-state index contributed by atoms with van der Waals surface area (Å²) in [6.07, 6.45) is 2.10. The summed E-state index contributed by atoms with van der Waals surface area (Å²) in [5, 5.41) is 2.64. The van der Waals surface area contributed by atoms with Crippen LogP contribution in [0.4, 0.5) is 4.79 Å². The molecule has 1 unspecified atom stereocenters. The molecule has 11 heavy (non-hydrogen) atoms. The van der Waals surface area contributed by atoms with Crippen molar-refractivity contribution in [2.45, 2.75) is 32.7 Å². The number of hydrogen-bond donors (Lipinski definition) is 2. The molecule has 0 spiro atoms. The number of rotatable bonds is 3. The second kappa shape index (κ2) is 2.95. The molecule has 2 amide bonds. The zero-order valence-electron chi connectivity index (χ0n) is 6.98. The van der Waals surface area contributed by atoms with E-state index in [1.165, 1.54) is 11.1 Å². The predicted octanol–water partition coefficient (Wildman–Crippen LogP) is 1.15. The van der Waals surface area contributed by atoms with E-state index < -0.39 is 6.03 Å². The summed E-state index contributed by atoms with van der Waals surface area (Å²) in [7, 11) is 0. The van der Waals surface area contributed by atoms with E-state index in [4.69, 9.17) is 5.73 Å². The van der Waals surface area contributed by atoms with Gasteiger partial charge < -0.3 is 11.1 Å². The fourth-order valence-electron chi connectivity index (χ4n) is 1.19. The van der Waals surface area contributed by atoms with Crippen LogP contribution in [0.5, 0.6) is 0 Å². The molecule has 0 aromatic carbocycles. The minimum atomic E-state index is -0.434. The van der Waals surface area contributed by atoms with E-state index in [1.54, 1.807) is 0 Å². The number of carbonyl (C=O) groups is 1. The molecule has 62 valence electrons. The van der Waals surface area contributed by atoms with Gasteiger partial charge in [0.05, 0.1) is 0 Å². The number of amides is 2. The fourth-order valence-corrected chi connectivity index (χ4v) is 1.19. The van der Waals surface area contributed by atoms with Crippen molar-refractivity contribution in [3.63, 3.8) is 0 Å². The number of primary amides is 1. The Morgan fingerprint density at radius 1 is 1.82 bits per heavy atom. The Labute approximate surface area is 66.6 Å². The first-order valence-electron chi connectivity index (χ1n) is 3.83. The van der Waals surface area contributed by atoms with Gasteiger partial charge in [-0.1, -0.05) is 11.1 Å². The van der Waals surface area contributed by atoms with Crippen LogP contribution in [0.25, 0.3) is 0 Å². The SMILES string of the molecule is CC1=C(CC(C)NC(N)=O)C1. The lowest BCUT2D eigenvalue weighted by Gasteiger charge is -2.08. The average Bonchev–Trinajstić information content (AvgIpc) is 2.43. The van der Waals surface area contributed by atoms with Gasteiger partial charge in [0, 0.05) is 6.04 Å². The molecule has 0 aromatic heterocycles. The number of nitrogens with two attached hydrogens (primary N) is 1. The smallest absolute Gasteiger partial charge is 0.312 e. The number of hydrogen-bond acceptors (Lipinski definition) is 1. The standard InChI is InChI=1S/C8H14N2O/c1-5-3-7(5)4-6(2)10-8(9)11/h6H,3-4H2,1-2H3,(H3,9,10,11). The van der Waals surface area contributed by atoms with Crippen LogP contribution >= 0.6 is 0 Å². The van der Waals surface area contributed by atoms with Gasteiger partial charge in [-0.15, -0.1) is 0 Å². The summed E-state index contributed by atoms with van der Waals surface area (Å²) >= 11 is 0. The highest BCUT2D eigenvalue weighted by molar-refractivity contribution is 5.71. The number of urea groups is 1. The monoisotopic (exact) mass is 154 g/mol. The quantitative estimate of drug-likeness (QED) is 0.589. The zero-order valence-corrected chi connectivity index (χ0v) is 6.98. The third-order valence-corrected chi connectivity index (χ3v) is 1.90. The lowest BCUT2D eigenvalue weighted by Crippen LogP contribution is -2.36. The molecule has 0 fully saturated rings. The van der Waals surface area contributed by atoms with E-state index in [2.05, 4.69) is 12.2 Å². The van der Waals surface area contributed by atoms with Gasteiger partial charge in [0.2, 0.25) is 0 Å². The molecule has 3 heteroatoms. The highest BCUT2D eigenvalue weighted by Crippen LogP contribution is 2.33. The van der Waals surface area contributed by atoms with E-state index in [-0.39, 0.29) is 6.04 Å². The van der Waals surface area contributed by atoms with Gasteiger partial charge >= 0.3 is 6.03 Å². The Kier molecular flexibility index (Phi) is 2.17. The Balaban J connectivity index is 2.21. The van der Waals surface area contributed by atoms with Crippen LogP contribution in [0.3, 0.4) is 0 Å². The maximum atomic E-state index is 10.4. The Bertz CT molecular complexity index is 208. The van der Waals surface area contributed by atoms with Gasteiger partial charge in [0.15, 0.2) is 0 Å². The van der Waals surface area contributed by atoms with Crippen molar-refractivity contribution in [1.82, 2.24) is 5.32 Å². The molecule has 3 nitrogen and oxygen atoms in total. The van der Waals surface area contributed by atoms with E-state index in [0.717, 1.165) is 12.8 Å². The second-order valence-corrected chi connectivity index (χ2v) is 3.17. The van der Waals surface area contributed by atoms with Gasteiger partial charge in [-0.3, -0.25) is 0 Å². The molecule has 3 N–H and O–H groups in total. The van der Waals surface area contributed by atoms with Gasteiger partial charge in [-0.05, 0) is 26.7 Å². The molecule has 0 bridgehead atoms. The predicted molar refractivity (Wildman–Crippen MR) is 44.1 cm³/mol.